The first-order chi connectivity index (χ1) is 2.50. The maximum absolute atomic E-state index is 4.75. The fourth-order valence-electron chi connectivity index (χ4n) is 0.208. The second-order valence-electron chi connectivity index (χ2n) is 0.780. The summed E-state index contributed by atoms with van der Waals surface area (Å²) in [6.07, 6.45) is 0. The molecule has 0 bridgehead atoms. The molecule has 2 nitrogen and oxygen atoms in total. The van der Waals surface area contributed by atoms with E-state index < -0.39 is 0 Å². The molecule has 0 spiro atoms. The molecule has 0 atom stereocenters. The molecule has 1 aliphatic heterocycles. The summed E-state index contributed by atoms with van der Waals surface area (Å²) in [7, 11) is 0.309. The van der Waals surface area contributed by atoms with Crippen molar-refractivity contribution in [2.24, 2.45) is 0 Å². The molecule has 5 heavy (non-hydrogen) atoms. The third kappa shape index (κ3) is 0.839. The lowest BCUT2D eigenvalue weighted by Gasteiger charge is -1.74. The van der Waals surface area contributed by atoms with Crippen LogP contribution in [0, 0.1) is 0 Å². The minimum absolute atomic E-state index is 0.309. The van der Waals surface area contributed by atoms with Gasteiger partial charge in [0.1, 0.15) is 0 Å². The summed E-state index contributed by atoms with van der Waals surface area (Å²) < 4.78 is 9.50. The van der Waals surface area contributed by atoms with Gasteiger partial charge in [0.15, 0.2) is 9.03 Å². The maximum Gasteiger partial charge on any atom is 0.155 e. The van der Waals surface area contributed by atoms with E-state index in [2.05, 4.69) is 0 Å². The van der Waals surface area contributed by atoms with E-state index in [1.54, 1.807) is 0 Å². The Hall–Kier alpha value is 0.350. The minimum Gasteiger partial charge on any atom is -0.334 e. The lowest BCUT2D eigenvalue weighted by molar-refractivity contribution is 0.365. The van der Waals surface area contributed by atoms with Gasteiger partial charge in [-0.1, -0.05) is 0 Å². The van der Waals surface area contributed by atoms with Crippen LogP contribution in [0.1, 0.15) is 0 Å². The van der Waals surface area contributed by atoms with Gasteiger partial charge in [0, 0.05) is 0 Å². The largest absolute Gasteiger partial charge is 0.334 e. The van der Waals surface area contributed by atoms with E-state index in [9.17, 15) is 0 Å². The minimum atomic E-state index is 0.309. The van der Waals surface area contributed by atoms with Gasteiger partial charge in [-0.15, -0.1) is 0 Å². The predicted octanol–water partition coefficient (Wildman–Crippen LogP) is 0.542. The van der Waals surface area contributed by atoms with E-state index in [0.29, 0.717) is 9.03 Å². The van der Waals surface area contributed by atoms with Gasteiger partial charge in [0.2, 0.25) is 0 Å². The summed E-state index contributed by atoms with van der Waals surface area (Å²) in [5.41, 5.74) is 0. The molecule has 0 unspecified atom stereocenters. The Bertz CT molecular complexity index is 19.2. The van der Waals surface area contributed by atoms with Gasteiger partial charge in [-0.3, -0.25) is 0 Å². The van der Waals surface area contributed by atoms with Gasteiger partial charge < -0.3 is 9.05 Å². The van der Waals surface area contributed by atoms with Crippen molar-refractivity contribution >= 4 is 9.03 Å². The molecule has 30 valence electrons. The first kappa shape index (κ1) is 3.54. The zero-order valence-electron chi connectivity index (χ0n) is 2.73. The van der Waals surface area contributed by atoms with Gasteiger partial charge >= 0.3 is 0 Å². The van der Waals surface area contributed by atoms with Crippen molar-refractivity contribution in [1.82, 2.24) is 0 Å². The molecule has 1 heterocycles. The molecule has 3 heteroatoms. The summed E-state index contributed by atoms with van der Waals surface area (Å²) in [5.74, 6) is 0. The van der Waals surface area contributed by atoms with Crippen molar-refractivity contribution in [3.05, 3.63) is 0 Å². The second-order valence-corrected chi connectivity index (χ2v) is 1.52. The molecule has 0 aromatic rings. The van der Waals surface area contributed by atoms with Crippen molar-refractivity contribution in [2.75, 3.05) is 13.2 Å². The smallest absolute Gasteiger partial charge is 0.155 e. The molecule has 0 amide bonds. The van der Waals surface area contributed by atoms with Crippen molar-refractivity contribution in [2.45, 2.75) is 0 Å². The molecular formula is C2H5O2P. The molecule has 1 fully saturated rings. The zero-order valence-corrected chi connectivity index (χ0v) is 3.73. The van der Waals surface area contributed by atoms with Crippen molar-refractivity contribution in [3.8, 4) is 0 Å². The second kappa shape index (κ2) is 1.71. The fraction of sp³-hybridized carbons (Fsp3) is 1.00. The average molecular weight is 92.0 g/mol. The summed E-state index contributed by atoms with van der Waals surface area (Å²) in [4.78, 5) is 0. The third-order valence-corrected chi connectivity index (χ3v) is 1.05. The molecule has 0 saturated carbocycles. The van der Waals surface area contributed by atoms with Crippen molar-refractivity contribution in [3.63, 3.8) is 0 Å². The monoisotopic (exact) mass is 92.0 g/mol. The van der Waals surface area contributed by atoms with Crippen LogP contribution in [0.3, 0.4) is 0 Å². The molecule has 0 radical (unpaired) electrons. The fourth-order valence-corrected chi connectivity index (χ4v) is 0.625. The first-order valence-electron chi connectivity index (χ1n) is 1.49. The highest BCUT2D eigenvalue weighted by molar-refractivity contribution is 7.26. The molecule has 0 aromatic carbocycles. The van der Waals surface area contributed by atoms with E-state index in [4.69, 9.17) is 9.05 Å². The quantitative estimate of drug-likeness (QED) is 0.406. The van der Waals surface area contributed by atoms with Crippen LogP contribution >= 0.6 is 9.03 Å². The molecule has 0 aliphatic carbocycles. The summed E-state index contributed by atoms with van der Waals surface area (Å²) in [5, 5.41) is 0. The molecular weight excluding hydrogens is 87.0 g/mol. The zero-order chi connectivity index (χ0) is 3.54. The van der Waals surface area contributed by atoms with Gasteiger partial charge in [0.05, 0.1) is 13.2 Å². The summed E-state index contributed by atoms with van der Waals surface area (Å²) >= 11 is 0. The lowest BCUT2D eigenvalue weighted by atomic mass is 10.8. The Kier molecular flexibility index (Phi) is 1.21. The normalized spacial score (nSPS) is 24.0. The van der Waals surface area contributed by atoms with Crippen LogP contribution in [0.5, 0.6) is 0 Å². The highest BCUT2D eigenvalue weighted by Gasteiger charge is 1.94. The van der Waals surface area contributed by atoms with E-state index in [-0.39, 0.29) is 0 Å². The van der Waals surface area contributed by atoms with E-state index in [1.807, 2.05) is 0 Å². The van der Waals surface area contributed by atoms with Crippen LogP contribution in [0.15, 0.2) is 0 Å². The molecule has 1 aliphatic rings. The van der Waals surface area contributed by atoms with Crippen molar-refractivity contribution in [1.29, 1.82) is 0 Å². The Morgan fingerprint density at radius 3 is 2.00 bits per heavy atom. The molecule has 1 saturated heterocycles. The Morgan fingerprint density at radius 2 is 1.80 bits per heavy atom. The number of hydrogen-bond donors (Lipinski definition) is 0. The maximum atomic E-state index is 4.75. The lowest BCUT2D eigenvalue weighted by Crippen LogP contribution is -1.79. The summed E-state index contributed by atoms with van der Waals surface area (Å²) in [6, 6.07) is 0. The molecule has 0 aromatic heterocycles. The Balaban J connectivity index is 2.08. The third-order valence-electron chi connectivity index (χ3n) is 0.405. The molecule has 1 rings (SSSR count). The summed E-state index contributed by atoms with van der Waals surface area (Å²) in [6.45, 7) is 1.58. The predicted molar refractivity (Wildman–Crippen MR) is 20.2 cm³/mol. The standard InChI is InChI=1S/C2H5O2P/c1-2-4-5-3-1/h5H,1-2H2. The van der Waals surface area contributed by atoms with E-state index >= 15 is 0 Å². The Labute approximate surface area is 32.4 Å². The van der Waals surface area contributed by atoms with Crippen LogP contribution in [0.2, 0.25) is 0 Å². The molecule has 0 N–H and O–H groups in total. The van der Waals surface area contributed by atoms with Crippen LogP contribution in [0.4, 0.5) is 0 Å². The highest BCUT2D eigenvalue weighted by atomic mass is 31.1. The van der Waals surface area contributed by atoms with Gasteiger partial charge in [-0.05, 0) is 0 Å². The average Bonchev–Trinajstić information content (AvgIpc) is 1.76. The van der Waals surface area contributed by atoms with Crippen molar-refractivity contribution < 1.29 is 9.05 Å². The number of hydrogen-bond acceptors (Lipinski definition) is 2. The van der Waals surface area contributed by atoms with Crippen LogP contribution in [-0.2, 0) is 9.05 Å². The Morgan fingerprint density at radius 1 is 1.20 bits per heavy atom. The SMILES string of the molecule is C1COPO1. The first-order valence-corrected chi connectivity index (χ1v) is 2.30. The topological polar surface area (TPSA) is 18.5 Å². The van der Waals surface area contributed by atoms with Crippen LogP contribution in [0.25, 0.3) is 0 Å². The number of rotatable bonds is 0. The van der Waals surface area contributed by atoms with Crippen LogP contribution in [-0.4, -0.2) is 13.2 Å². The van der Waals surface area contributed by atoms with E-state index in [0.717, 1.165) is 13.2 Å². The van der Waals surface area contributed by atoms with Gasteiger partial charge in [-0.25, -0.2) is 0 Å². The van der Waals surface area contributed by atoms with Gasteiger partial charge in [-0.2, -0.15) is 0 Å². The van der Waals surface area contributed by atoms with Gasteiger partial charge in [0.25, 0.3) is 0 Å². The van der Waals surface area contributed by atoms with E-state index in [1.165, 1.54) is 0 Å². The van der Waals surface area contributed by atoms with Crippen LogP contribution < -0.4 is 0 Å². The highest BCUT2D eigenvalue weighted by Crippen LogP contribution is 2.18.